The van der Waals surface area contributed by atoms with E-state index in [1.165, 1.54) is 46.4 Å². The standard InChI is InChI=1S/C55H81N9O16S2/c1-34(59(9)52(71)79-54(3,4)5)42(65)31-36(48(67)61-29-27-40-45(61)43(32-63(40)81(11,73)74)77-50(69)56-37-22-15-13-16-23-37)21-19-20-26-39(58-47(66)35(2)60(10)53(72)80-55(6,7)8)49(68)62-30-28-41-46(62)44(33-64(41)82(12,75)76)78-51(70)57-38-24-17-14-18-25-38/h13-18,22-25,34-36,39-41,43-46H,19-21,26-33H2,1-12H3,(H,56,69)(H,57,70)(H,58,66)/t34-,35-,36+,39-,40+,41+,43-,44-,45-,46-/m0/s1. The molecule has 2 aromatic carbocycles. The summed E-state index contributed by atoms with van der Waals surface area (Å²) in [5, 5.41) is 8.08. The summed E-state index contributed by atoms with van der Waals surface area (Å²) in [7, 11) is -5.00. The minimum absolute atomic E-state index is 0.00789. The number of fused-ring (bicyclic) bond motifs is 2. The van der Waals surface area contributed by atoms with E-state index in [1.54, 1.807) is 102 Å². The average Bonchev–Trinajstić information content (AvgIpc) is 4.35. The third kappa shape index (κ3) is 16.6. The van der Waals surface area contributed by atoms with Crippen molar-refractivity contribution in [2.45, 2.75) is 166 Å². The summed E-state index contributed by atoms with van der Waals surface area (Å²) >= 11 is 0. The van der Waals surface area contributed by atoms with Gasteiger partial charge in [0.05, 0.1) is 55.8 Å². The van der Waals surface area contributed by atoms with Crippen LogP contribution in [0.3, 0.4) is 0 Å². The van der Waals surface area contributed by atoms with Gasteiger partial charge in [-0.2, -0.15) is 8.61 Å². The summed E-state index contributed by atoms with van der Waals surface area (Å²) in [6, 6.07) is 9.80. The number of nitrogens with one attached hydrogen (secondary N) is 3. The lowest BCUT2D eigenvalue weighted by atomic mass is 9.91. The van der Waals surface area contributed by atoms with E-state index in [-0.39, 0.29) is 64.7 Å². The number of benzene rings is 2. The molecule has 2 aromatic rings. The lowest BCUT2D eigenvalue weighted by molar-refractivity contribution is -0.141. The molecule has 4 aliphatic rings. The van der Waals surface area contributed by atoms with Crippen LogP contribution in [0.1, 0.15) is 100 Å². The number of hydrogen-bond acceptors (Lipinski definition) is 16. The Bertz CT molecular complexity index is 2690. The summed E-state index contributed by atoms with van der Waals surface area (Å²) < 4.78 is 77.9. The first-order chi connectivity index (χ1) is 38.1. The summed E-state index contributed by atoms with van der Waals surface area (Å²) in [6.07, 6.45) is -3.35. The normalized spacial score (nSPS) is 22.6. The minimum atomic E-state index is -3.89. The molecule has 7 amide bonds. The van der Waals surface area contributed by atoms with Crippen LogP contribution in [0.15, 0.2) is 60.7 Å². The van der Waals surface area contributed by atoms with E-state index in [4.69, 9.17) is 18.9 Å². The number of nitrogens with zero attached hydrogens (tertiary/aromatic N) is 6. The molecule has 6 rings (SSSR count). The van der Waals surface area contributed by atoms with E-state index in [0.29, 0.717) is 11.4 Å². The van der Waals surface area contributed by atoms with Crippen LogP contribution < -0.4 is 16.0 Å². The Kier molecular flexibility index (Phi) is 20.7. The molecule has 0 unspecified atom stereocenters. The topological polar surface area (TPSA) is 297 Å². The van der Waals surface area contributed by atoms with Gasteiger partial charge in [-0.25, -0.2) is 36.0 Å². The SMILES string of the molecule is C[C@@H](C(=O)C[C@@H](CCCC[C@H](NC(=O)[C@H](C)N(C)C(=O)OC(C)(C)C)C(=O)N1CC[C@@H]2[C@H]1[C@@H](OC(=O)Nc1ccccc1)CN2S(C)(=O)=O)C(=O)N1CC[C@@H]2[C@H]1[C@@H](OC(=O)Nc1ccccc1)CN2S(C)(=O)=O)N(C)C(=O)OC(C)(C)C. The number of amides is 7. The molecular weight excluding hydrogens is 1110 g/mol. The lowest BCUT2D eigenvalue weighted by Crippen LogP contribution is -2.56. The Hall–Kier alpha value is -6.58. The van der Waals surface area contributed by atoms with Crippen LogP contribution in [-0.4, -0.2) is 211 Å². The van der Waals surface area contributed by atoms with Crippen molar-refractivity contribution in [3.05, 3.63) is 60.7 Å². The molecule has 0 bridgehead atoms. The molecule has 82 heavy (non-hydrogen) atoms. The van der Waals surface area contributed by atoms with Crippen molar-refractivity contribution >= 4 is 79.3 Å². The van der Waals surface area contributed by atoms with Crippen LogP contribution in [0, 0.1) is 5.92 Å². The van der Waals surface area contributed by atoms with Crippen LogP contribution in [0.4, 0.5) is 30.6 Å². The van der Waals surface area contributed by atoms with E-state index in [2.05, 4.69) is 16.0 Å². The highest BCUT2D eigenvalue weighted by Crippen LogP contribution is 2.39. The first kappa shape index (κ1) is 64.6. The fourth-order valence-corrected chi connectivity index (χ4v) is 13.2. The van der Waals surface area contributed by atoms with Crippen LogP contribution in [-0.2, 0) is 58.2 Å². The minimum Gasteiger partial charge on any atom is -0.444 e. The fourth-order valence-electron chi connectivity index (χ4n) is 10.9. The first-order valence-corrected chi connectivity index (χ1v) is 31.2. The Morgan fingerprint density at radius 3 is 1.43 bits per heavy atom. The molecule has 0 spiro atoms. The number of rotatable bonds is 20. The maximum Gasteiger partial charge on any atom is 0.412 e. The zero-order valence-electron chi connectivity index (χ0n) is 48.9. The maximum absolute atomic E-state index is 15.2. The number of likely N-dealkylation sites (N-methyl/N-ethyl adjacent to an activating group) is 2. The molecule has 4 fully saturated rings. The number of unbranched alkanes of at least 4 members (excludes halogenated alkanes) is 1. The van der Waals surface area contributed by atoms with Gasteiger partial charge in [0.15, 0.2) is 5.78 Å². The fraction of sp³-hybridized carbons (Fsp3) is 0.636. The van der Waals surface area contributed by atoms with Gasteiger partial charge in [-0.3, -0.25) is 34.7 Å². The van der Waals surface area contributed by atoms with Crippen molar-refractivity contribution in [1.29, 1.82) is 0 Å². The van der Waals surface area contributed by atoms with Gasteiger partial charge < -0.3 is 39.0 Å². The molecule has 0 aromatic heterocycles. The van der Waals surface area contributed by atoms with Crippen LogP contribution in [0.25, 0.3) is 0 Å². The van der Waals surface area contributed by atoms with Gasteiger partial charge in [0.25, 0.3) is 0 Å². The predicted molar refractivity (Wildman–Crippen MR) is 302 cm³/mol. The Labute approximate surface area is 481 Å². The molecule has 0 saturated carbocycles. The van der Waals surface area contributed by atoms with E-state index >= 15 is 9.59 Å². The van der Waals surface area contributed by atoms with Gasteiger partial charge >= 0.3 is 24.4 Å². The Balaban J connectivity index is 1.28. The Morgan fingerprint density at radius 2 is 1.01 bits per heavy atom. The molecule has 4 saturated heterocycles. The highest BCUT2D eigenvalue weighted by molar-refractivity contribution is 7.88. The number of ether oxygens (including phenoxy) is 4. The summed E-state index contributed by atoms with van der Waals surface area (Å²) in [4.78, 5) is 117. The van der Waals surface area contributed by atoms with Crippen molar-refractivity contribution in [1.82, 2.24) is 33.5 Å². The smallest absolute Gasteiger partial charge is 0.412 e. The van der Waals surface area contributed by atoms with Gasteiger partial charge in [0.2, 0.25) is 37.8 Å². The number of sulfonamides is 2. The van der Waals surface area contributed by atoms with Gasteiger partial charge in [-0.1, -0.05) is 49.2 Å². The number of para-hydroxylation sites is 2. The summed E-state index contributed by atoms with van der Waals surface area (Å²) in [5.41, 5.74) is -0.965. The Morgan fingerprint density at radius 1 is 0.610 bits per heavy atom. The predicted octanol–water partition coefficient (Wildman–Crippen LogP) is 4.84. The number of anilines is 2. The highest BCUT2D eigenvalue weighted by atomic mass is 32.2. The third-order valence-corrected chi connectivity index (χ3v) is 17.7. The van der Waals surface area contributed by atoms with Crippen molar-refractivity contribution in [3.63, 3.8) is 0 Å². The molecule has 0 aliphatic carbocycles. The summed E-state index contributed by atoms with van der Waals surface area (Å²) in [5.74, 6) is -3.51. The van der Waals surface area contributed by atoms with E-state index < -0.39 is 146 Å². The van der Waals surface area contributed by atoms with E-state index in [0.717, 1.165) is 22.3 Å². The molecule has 0 radical (unpaired) electrons. The molecule has 25 nitrogen and oxygen atoms in total. The third-order valence-electron chi connectivity index (χ3n) is 15.1. The number of hydrogen-bond donors (Lipinski definition) is 3. The first-order valence-electron chi connectivity index (χ1n) is 27.5. The van der Waals surface area contributed by atoms with Crippen molar-refractivity contribution in [2.24, 2.45) is 5.92 Å². The largest absolute Gasteiger partial charge is 0.444 e. The number of ketones is 1. The monoisotopic (exact) mass is 1190 g/mol. The van der Waals surface area contributed by atoms with Crippen molar-refractivity contribution in [3.8, 4) is 0 Å². The molecule has 10 atom stereocenters. The zero-order valence-corrected chi connectivity index (χ0v) is 50.5. The molecule has 454 valence electrons. The molecule has 3 N–H and O–H groups in total. The summed E-state index contributed by atoms with van der Waals surface area (Å²) in [6.45, 7) is 12.5. The van der Waals surface area contributed by atoms with Gasteiger partial charge in [-0.15, -0.1) is 0 Å². The number of Topliss-reactive ketones (excluding diaryl/α,β-unsaturated/α-hetero) is 1. The molecule has 4 heterocycles. The second-order valence-corrected chi connectivity index (χ2v) is 27.4. The van der Waals surface area contributed by atoms with Crippen LogP contribution >= 0.6 is 0 Å². The second kappa shape index (κ2) is 26.3. The molecule has 27 heteroatoms. The molecular formula is C55H81N9O16S2. The van der Waals surface area contributed by atoms with Crippen LogP contribution in [0.5, 0.6) is 0 Å². The highest BCUT2D eigenvalue weighted by Gasteiger charge is 2.57. The van der Waals surface area contributed by atoms with Crippen molar-refractivity contribution in [2.75, 3.05) is 63.4 Å². The van der Waals surface area contributed by atoms with E-state index in [9.17, 15) is 45.6 Å². The van der Waals surface area contributed by atoms with E-state index in [1.807, 2.05) is 0 Å². The lowest BCUT2D eigenvalue weighted by Gasteiger charge is -2.33. The number of carbonyl (C=O) groups excluding carboxylic acids is 8. The number of likely N-dealkylation sites (tertiary alicyclic amines) is 2. The molecule has 4 aliphatic heterocycles. The van der Waals surface area contributed by atoms with Crippen LogP contribution in [0.2, 0.25) is 0 Å². The number of carbonyl (C=O) groups is 8. The van der Waals surface area contributed by atoms with Gasteiger partial charge in [0, 0.05) is 50.9 Å². The zero-order chi connectivity index (χ0) is 60.8. The van der Waals surface area contributed by atoms with Gasteiger partial charge in [-0.05, 0) is 105 Å². The average molecular weight is 1190 g/mol. The second-order valence-electron chi connectivity index (χ2n) is 23.5. The maximum atomic E-state index is 15.2. The van der Waals surface area contributed by atoms with Crippen molar-refractivity contribution < 1.29 is 74.1 Å². The quantitative estimate of drug-likeness (QED) is 0.118. The van der Waals surface area contributed by atoms with Gasteiger partial charge in [0.1, 0.15) is 35.5 Å².